The highest BCUT2D eigenvalue weighted by Gasteiger charge is 2.12. The second-order valence-corrected chi connectivity index (χ2v) is 7.98. The molecule has 0 aliphatic carbocycles. The Morgan fingerprint density at radius 3 is 2.67 bits per heavy atom. The van der Waals surface area contributed by atoms with Gasteiger partial charge in [0.15, 0.2) is 5.96 Å². The first-order valence-electron chi connectivity index (χ1n) is 11.0. The minimum atomic E-state index is 0.388. The predicted octanol–water partition coefficient (Wildman–Crippen LogP) is 3.59. The second-order valence-electron chi connectivity index (χ2n) is 7.98. The van der Waals surface area contributed by atoms with Crippen LogP contribution >= 0.6 is 0 Å². The molecule has 6 nitrogen and oxygen atoms in total. The van der Waals surface area contributed by atoms with E-state index in [4.69, 9.17) is 4.74 Å². The normalized spacial score (nSPS) is 15.7. The molecule has 2 heterocycles. The molecule has 3 rings (SSSR count). The molecule has 1 aromatic heterocycles. The summed E-state index contributed by atoms with van der Waals surface area (Å²) < 4.78 is 5.84. The minimum Gasteiger partial charge on any atom is -0.376 e. The lowest BCUT2D eigenvalue weighted by molar-refractivity contribution is 0.0931. The van der Waals surface area contributed by atoms with Crippen LogP contribution in [0.15, 0.2) is 53.7 Å². The number of aromatic nitrogens is 1. The lowest BCUT2D eigenvalue weighted by atomic mass is 10.1. The van der Waals surface area contributed by atoms with E-state index in [0.717, 1.165) is 38.0 Å². The van der Waals surface area contributed by atoms with E-state index in [0.29, 0.717) is 19.1 Å². The maximum absolute atomic E-state index is 5.84. The van der Waals surface area contributed by atoms with Crippen LogP contribution in [0, 0.1) is 5.92 Å². The fourth-order valence-corrected chi connectivity index (χ4v) is 3.55. The van der Waals surface area contributed by atoms with E-state index in [2.05, 4.69) is 56.7 Å². The average molecular weight is 410 g/mol. The van der Waals surface area contributed by atoms with Crippen molar-refractivity contribution in [1.29, 1.82) is 0 Å². The topological polar surface area (TPSA) is 61.8 Å². The highest BCUT2D eigenvalue weighted by molar-refractivity contribution is 5.79. The Hall–Kier alpha value is -2.60. The maximum Gasteiger partial charge on any atom is 0.191 e. The summed E-state index contributed by atoms with van der Waals surface area (Å²) in [7, 11) is 1.80. The van der Waals surface area contributed by atoms with Crippen LogP contribution in [0.2, 0.25) is 0 Å². The zero-order chi connectivity index (χ0) is 21.0. The first kappa shape index (κ1) is 22.1. The summed E-state index contributed by atoms with van der Waals surface area (Å²) in [6.07, 6.45) is 5.75. The van der Waals surface area contributed by atoms with Crippen LogP contribution in [0.5, 0.6) is 0 Å². The van der Waals surface area contributed by atoms with Gasteiger partial charge in [-0.05, 0) is 48.4 Å². The summed E-state index contributed by atoms with van der Waals surface area (Å²) >= 11 is 0. The van der Waals surface area contributed by atoms with Gasteiger partial charge in [-0.1, -0.05) is 37.3 Å². The Morgan fingerprint density at radius 2 is 1.90 bits per heavy atom. The van der Waals surface area contributed by atoms with Crippen LogP contribution in [0.3, 0.4) is 0 Å². The van der Waals surface area contributed by atoms with Gasteiger partial charge in [0.1, 0.15) is 5.82 Å². The molecule has 2 N–H and O–H groups in total. The molecule has 2 aromatic rings. The van der Waals surface area contributed by atoms with Gasteiger partial charge in [0.2, 0.25) is 0 Å². The van der Waals surface area contributed by atoms with E-state index < -0.39 is 0 Å². The van der Waals surface area contributed by atoms with Crippen molar-refractivity contribution in [2.24, 2.45) is 10.9 Å². The Labute approximate surface area is 180 Å². The maximum atomic E-state index is 5.84. The summed E-state index contributed by atoms with van der Waals surface area (Å²) in [6.45, 7) is 7.29. The van der Waals surface area contributed by atoms with Gasteiger partial charge in [-0.3, -0.25) is 4.99 Å². The lowest BCUT2D eigenvalue weighted by Crippen LogP contribution is -2.39. The molecule has 0 bridgehead atoms. The summed E-state index contributed by atoms with van der Waals surface area (Å²) in [5, 5.41) is 6.80. The third-order valence-corrected chi connectivity index (χ3v) is 5.31. The average Bonchev–Trinajstić information content (AvgIpc) is 2.81. The molecule has 162 valence electrons. The number of hydrogen-bond acceptors (Lipinski definition) is 4. The molecule has 1 aromatic carbocycles. The van der Waals surface area contributed by atoms with E-state index in [-0.39, 0.29) is 0 Å². The van der Waals surface area contributed by atoms with Crippen LogP contribution in [-0.2, 0) is 17.9 Å². The van der Waals surface area contributed by atoms with Crippen molar-refractivity contribution >= 4 is 11.8 Å². The number of rotatable bonds is 9. The summed E-state index contributed by atoms with van der Waals surface area (Å²) in [6, 6.07) is 14.5. The highest BCUT2D eigenvalue weighted by atomic mass is 16.5. The third kappa shape index (κ3) is 7.34. The van der Waals surface area contributed by atoms with Crippen LogP contribution in [0.4, 0.5) is 5.82 Å². The fourth-order valence-electron chi connectivity index (χ4n) is 3.55. The molecular weight excluding hydrogens is 374 g/mol. The Bertz CT molecular complexity index is 774. The van der Waals surface area contributed by atoms with Crippen LogP contribution < -0.4 is 15.5 Å². The van der Waals surface area contributed by atoms with Crippen molar-refractivity contribution < 1.29 is 4.74 Å². The van der Waals surface area contributed by atoms with Gasteiger partial charge in [0.05, 0.1) is 13.2 Å². The standard InChI is InChI=1S/C24H35N5O/c1-20(18-30-19-21-9-5-3-6-10-21)16-27-24(25-2)28-17-22-11-12-26-23(15-22)29-13-7-4-8-14-29/h3,5-6,9-12,15,20H,4,7-8,13-14,16-19H2,1-2H3,(H2,25,27,28). The fraction of sp³-hybridized carbons (Fsp3) is 0.500. The molecule has 0 radical (unpaired) electrons. The molecule has 6 heteroatoms. The monoisotopic (exact) mass is 409 g/mol. The molecule has 0 saturated carbocycles. The summed E-state index contributed by atoms with van der Waals surface area (Å²) in [5.41, 5.74) is 2.42. The van der Waals surface area contributed by atoms with Gasteiger partial charge in [-0.25, -0.2) is 4.98 Å². The Kier molecular flexibility index (Phi) is 8.97. The van der Waals surface area contributed by atoms with Crippen molar-refractivity contribution in [3.8, 4) is 0 Å². The van der Waals surface area contributed by atoms with Crippen molar-refractivity contribution in [2.45, 2.75) is 39.3 Å². The number of anilines is 1. The van der Waals surface area contributed by atoms with Crippen molar-refractivity contribution in [2.75, 3.05) is 38.2 Å². The SMILES string of the molecule is CN=C(NCc1ccnc(N2CCCCC2)c1)NCC(C)COCc1ccccc1. The van der Waals surface area contributed by atoms with E-state index in [1.54, 1.807) is 7.05 Å². The number of nitrogens with one attached hydrogen (secondary N) is 2. The molecule has 1 aliphatic rings. The largest absolute Gasteiger partial charge is 0.376 e. The molecule has 1 unspecified atom stereocenters. The summed E-state index contributed by atoms with van der Waals surface area (Å²) in [4.78, 5) is 11.3. The molecule has 1 saturated heterocycles. The second kappa shape index (κ2) is 12.2. The molecule has 0 amide bonds. The molecular formula is C24H35N5O. The van der Waals surface area contributed by atoms with Gasteiger partial charge in [0.25, 0.3) is 0 Å². The lowest BCUT2D eigenvalue weighted by Gasteiger charge is -2.28. The van der Waals surface area contributed by atoms with Gasteiger partial charge in [-0.15, -0.1) is 0 Å². The van der Waals surface area contributed by atoms with Gasteiger partial charge < -0.3 is 20.3 Å². The minimum absolute atomic E-state index is 0.388. The Balaban J connectivity index is 1.38. The van der Waals surface area contributed by atoms with Gasteiger partial charge in [0, 0.05) is 39.4 Å². The van der Waals surface area contributed by atoms with E-state index in [1.165, 1.54) is 30.4 Å². The number of piperidine rings is 1. The van der Waals surface area contributed by atoms with Crippen LogP contribution in [0.1, 0.15) is 37.3 Å². The number of guanidine groups is 1. The zero-order valence-electron chi connectivity index (χ0n) is 18.3. The first-order chi connectivity index (χ1) is 14.7. The van der Waals surface area contributed by atoms with Crippen molar-refractivity contribution in [3.63, 3.8) is 0 Å². The highest BCUT2D eigenvalue weighted by Crippen LogP contribution is 2.18. The quantitative estimate of drug-likeness (QED) is 0.490. The molecule has 0 spiro atoms. The molecule has 1 atom stereocenters. The van der Waals surface area contributed by atoms with Crippen LogP contribution in [0.25, 0.3) is 0 Å². The predicted molar refractivity (Wildman–Crippen MR) is 124 cm³/mol. The van der Waals surface area contributed by atoms with E-state index >= 15 is 0 Å². The number of hydrogen-bond donors (Lipinski definition) is 2. The Morgan fingerprint density at radius 1 is 1.10 bits per heavy atom. The molecule has 1 aliphatic heterocycles. The van der Waals surface area contributed by atoms with Gasteiger partial charge in [-0.2, -0.15) is 0 Å². The third-order valence-electron chi connectivity index (χ3n) is 5.31. The van der Waals surface area contributed by atoms with E-state index in [9.17, 15) is 0 Å². The number of ether oxygens (including phenoxy) is 1. The zero-order valence-corrected chi connectivity index (χ0v) is 18.3. The van der Waals surface area contributed by atoms with Crippen molar-refractivity contribution in [3.05, 3.63) is 59.8 Å². The van der Waals surface area contributed by atoms with Gasteiger partial charge >= 0.3 is 0 Å². The van der Waals surface area contributed by atoms with Crippen LogP contribution in [-0.4, -0.2) is 44.2 Å². The first-order valence-corrected chi connectivity index (χ1v) is 11.0. The molecule has 1 fully saturated rings. The van der Waals surface area contributed by atoms with E-state index in [1.807, 2.05) is 24.4 Å². The summed E-state index contributed by atoms with van der Waals surface area (Å²) in [5.74, 6) is 2.28. The van der Waals surface area contributed by atoms with Crippen molar-refractivity contribution in [1.82, 2.24) is 15.6 Å². The number of aliphatic imine (C=N–C) groups is 1. The number of benzene rings is 1. The number of nitrogens with zero attached hydrogens (tertiary/aromatic N) is 3. The smallest absolute Gasteiger partial charge is 0.191 e. The molecule has 30 heavy (non-hydrogen) atoms. The number of pyridine rings is 1.